The Morgan fingerprint density at radius 2 is 1.57 bits per heavy atom. The van der Waals surface area contributed by atoms with Crippen molar-refractivity contribution in [3.05, 3.63) is 102 Å². The van der Waals surface area contributed by atoms with Crippen LogP contribution >= 0.6 is 0 Å². The number of hydrogen-bond donors (Lipinski definition) is 1. The van der Waals surface area contributed by atoms with E-state index in [0.717, 1.165) is 5.56 Å². The normalized spacial score (nSPS) is 13.6. The van der Waals surface area contributed by atoms with E-state index in [2.05, 4.69) is 9.97 Å². The van der Waals surface area contributed by atoms with Crippen LogP contribution in [-0.4, -0.2) is 39.9 Å². The number of oxazole rings is 1. The predicted octanol–water partition coefficient (Wildman–Crippen LogP) is 5.90. The number of benzene rings is 3. The predicted molar refractivity (Wildman–Crippen MR) is 152 cm³/mol. The summed E-state index contributed by atoms with van der Waals surface area (Å²) in [6.07, 6.45) is 5.98. The number of ketones is 2. The van der Waals surface area contributed by atoms with Crippen LogP contribution in [0.1, 0.15) is 24.0 Å². The standard InChI is InChI=1S/C33H27FN2O6/c34-23-5-1-21(2-6-23)17-30(38)33(10-11-33)31(39)18-22-3-7-24(8-4-22)42-28-9-12-35-27-20-29(40-16-14-37)26(19-25(27)28)32-36-13-15-41-32/h1-9,12-13,15,19-20,37H,10-11,14,16-18H2. The summed E-state index contributed by atoms with van der Waals surface area (Å²) in [4.78, 5) is 34.8. The van der Waals surface area contributed by atoms with Crippen molar-refractivity contribution in [3.8, 4) is 28.7 Å². The number of aliphatic hydroxyl groups is 1. The van der Waals surface area contributed by atoms with Crippen LogP contribution in [-0.2, 0) is 22.4 Å². The summed E-state index contributed by atoms with van der Waals surface area (Å²) in [7, 11) is 0. The van der Waals surface area contributed by atoms with E-state index in [1.54, 1.807) is 42.6 Å². The minimum atomic E-state index is -0.945. The molecule has 1 fully saturated rings. The highest BCUT2D eigenvalue weighted by Crippen LogP contribution is 2.49. The van der Waals surface area contributed by atoms with Crippen LogP contribution < -0.4 is 9.47 Å². The first-order chi connectivity index (χ1) is 20.4. The molecule has 8 nitrogen and oxygen atoms in total. The Hall–Kier alpha value is -4.89. The van der Waals surface area contributed by atoms with E-state index in [1.807, 2.05) is 18.2 Å². The first-order valence-corrected chi connectivity index (χ1v) is 13.6. The lowest BCUT2D eigenvalue weighted by Gasteiger charge is -2.14. The Morgan fingerprint density at radius 3 is 2.19 bits per heavy atom. The van der Waals surface area contributed by atoms with Crippen LogP contribution in [0.2, 0.25) is 0 Å². The van der Waals surface area contributed by atoms with Gasteiger partial charge >= 0.3 is 0 Å². The number of aliphatic hydroxyl groups excluding tert-OH is 1. The largest absolute Gasteiger partial charge is 0.490 e. The van der Waals surface area contributed by atoms with E-state index in [9.17, 15) is 19.1 Å². The molecule has 0 spiro atoms. The fourth-order valence-electron chi connectivity index (χ4n) is 4.99. The zero-order chi connectivity index (χ0) is 29.1. The third-order valence-electron chi connectivity index (χ3n) is 7.43. The van der Waals surface area contributed by atoms with Crippen molar-refractivity contribution in [2.75, 3.05) is 13.2 Å². The van der Waals surface area contributed by atoms with Crippen LogP contribution in [0, 0.1) is 11.2 Å². The lowest BCUT2D eigenvalue weighted by atomic mass is 9.88. The molecule has 2 heterocycles. The molecule has 5 aromatic rings. The van der Waals surface area contributed by atoms with Gasteiger partial charge in [-0.1, -0.05) is 24.3 Å². The Morgan fingerprint density at radius 1 is 0.881 bits per heavy atom. The van der Waals surface area contributed by atoms with Crippen molar-refractivity contribution in [1.29, 1.82) is 0 Å². The van der Waals surface area contributed by atoms with Crippen LogP contribution in [0.4, 0.5) is 4.39 Å². The maximum atomic E-state index is 13.2. The van der Waals surface area contributed by atoms with Crippen LogP contribution in [0.3, 0.4) is 0 Å². The molecule has 9 heteroatoms. The van der Waals surface area contributed by atoms with Gasteiger partial charge in [0.05, 0.1) is 29.3 Å². The minimum absolute atomic E-state index is 0.0957. The second-order valence-corrected chi connectivity index (χ2v) is 10.2. The van der Waals surface area contributed by atoms with Crippen LogP contribution in [0.25, 0.3) is 22.4 Å². The van der Waals surface area contributed by atoms with Gasteiger partial charge in [-0.3, -0.25) is 14.6 Å². The molecule has 42 heavy (non-hydrogen) atoms. The summed E-state index contributed by atoms with van der Waals surface area (Å²) in [5.41, 5.74) is 1.75. The molecule has 2 aromatic heterocycles. The smallest absolute Gasteiger partial charge is 0.229 e. The van der Waals surface area contributed by atoms with Gasteiger partial charge in [0.1, 0.15) is 35.9 Å². The van der Waals surface area contributed by atoms with Gasteiger partial charge in [0.2, 0.25) is 5.89 Å². The molecule has 1 N–H and O–H groups in total. The van der Waals surface area contributed by atoms with E-state index in [4.69, 9.17) is 13.9 Å². The summed E-state index contributed by atoms with van der Waals surface area (Å²) in [5.74, 6) is 1.38. The molecule has 1 aliphatic carbocycles. The second-order valence-electron chi connectivity index (χ2n) is 10.2. The van der Waals surface area contributed by atoms with Crippen molar-refractivity contribution in [2.45, 2.75) is 25.7 Å². The molecule has 1 aliphatic rings. The van der Waals surface area contributed by atoms with Crippen LogP contribution in [0.15, 0.2) is 89.8 Å². The number of pyridine rings is 1. The summed E-state index contributed by atoms with van der Waals surface area (Å²) >= 11 is 0. The number of ether oxygens (including phenoxy) is 2. The average Bonchev–Trinajstić information content (AvgIpc) is 3.65. The molecule has 3 aromatic carbocycles. The molecule has 0 aliphatic heterocycles. The molecular formula is C33H27FN2O6. The zero-order valence-corrected chi connectivity index (χ0v) is 22.6. The summed E-state index contributed by atoms with van der Waals surface area (Å²) in [5, 5.41) is 9.93. The van der Waals surface area contributed by atoms with Gasteiger partial charge in [0, 0.05) is 30.5 Å². The van der Waals surface area contributed by atoms with Crippen molar-refractivity contribution in [1.82, 2.24) is 9.97 Å². The first-order valence-electron chi connectivity index (χ1n) is 13.6. The van der Waals surface area contributed by atoms with Crippen molar-refractivity contribution >= 4 is 22.5 Å². The molecule has 0 unspecified atom stereocenters. The van der Waals surface area contributed by atoms with Gasteiger partial charge in [0.25, 0.3) is 0 Å². The van der Waals surface area contributed by atoms with Gasteiger partial charge in [-0.25, -0.2) is 9.37 Å². The monoisotopic (exact) mass is 566 g/mol. The Kier molecular flexibility index (Phi) is 7.50. The van der Waals surface area contributed by atoms with Gasteiger partial charge in [-0.05, 0) is 60.4 Å². The van der Waals surface area contributed by atoms with E-state index in [0.29, 0.717) is 58.0 Å². The lowest BCUT2D eigenvalue weighted by Crippen LogP contribution is -2.28. The highest BCUT2D eigenvalue weighted by atomic mass is 19.1. The third kappa shape index (κ3) is 5.64. The molecule has 0 bridgehead atoms. The van der Waals surface area contributed by atoms with Gasteiger partial charge in [-0.2, -0.15) is 0 Å². The summed E-state index contributed by atoms with van der Waals surface area (Å²) in [6, 6.07) is 18.3. The Bertz CT molecular complexity index is 1730. The number of aromatic nitrogens is 2. The molecule has 0 radical (unpaired) electrons. The van der Waals surface area contributed by atoms with Crippen molar-refractivity contribution < 1.29 is 33.0 Å². The number of Topliss-reactive ketones (excluding diaryl/α,β-unsaturated/α-hetero) is 2. The minimum Gasteiger partial charge on any atom is -0.490 e. The maximum absolute atomic E-state index is 13.2. The molecule has 1 saturated carbocycles. The average molecular weight is 567 g/mol. The summed E-state index contributed by atoms with van der Waals surface area (Å²) in [6.45, 7) is -0.0394. The summed E-state index contributed by atoms with van der Waals surface area (Å²) < 4.78 is 30.6. The molecule has 0 saturated heterocycles. The van der Waals surface area contributed by atoms with E-state index < -0.39 is 5.41 Å². The number of carbonyl (C=O) groups is 2. The highest BCUT2D eigenvalue weighted by molar-refractivity contribution is 6.11. The zero-order valence-electron chi connectivity index (χ0n) is 22.6. The molecule has 0 amide bonds. The van der Waals surface area contributed by atoms with E-state index in [-0.39, 0.29) is 43.4 Å². The molecule has 6 rings (SSSR count). The van der Waals surface area contributed by atoms with Crippen LogP contribution in [0.5, 0.6) is 17.2 Å². The Balaban J connectivity index is 1.17. The first kappa shape index (κ1) is 27.3. The number of nitrogens with zero attached hydrogens (tertiary/aromatic N) is 2. The van der Waals surface area contributed by atoms with Gasteiger partial charge in [-0.15, -0.1) is 0 Å². The second kappa shape index (κ2) is 11.5. The number of carbonyl (C=O) groups excluding carboxylic acids is 2. The Labute approximate surface area is 240 Å². The quantitative estimate of drug-likeness (QED) is 0.186. The van der Waals surface area contributed by atoms with E-state index >= 15 is 0 Å². The molecule has 0 atom stereocenters. The van der Waals surface area contributed by atoms with Crippen molar-refractivity contribution in [3.63, 3.8) is 0 Å². The fourth-order valence-corrected chi connectivity index (χ4v) is 4.99. The number of hydrogen-bond acceptors (Lipinski definition) is 8. The van der Waals surface area contributed by atoms with Gasteiger partial charge in [0.15, 0.2) is 11.6 Å². The molecular weight excluding hydrogens is 539 g/mol. The van der Waals surface area contributed by atoms with Gasteiger partial charge < -0.3 is 19.0 Å². The fraction of sp³-hybridized carbons (Fsp3) is 0.212. The third-order valence-corrected chi connectivity index (χ3v) is 7.43. The SMILES string of the molecule is O=C(Cc1ccc(F)cc1)C1(C(=O)Cc2ccc(Oc3ccnc4cc(OCCO)c(-c5ncco5)cc34)cc2)CC1. The highest BCUT2D eigenvalue weighted by Gasteiger charge is 2.54. The lowest BCUT2D eigenvalue weighted by molar-refractivity contribution is -0.133. The topological polar surface area (TPSA) is 112 Å². The van der Waals surface area contributed by atoms with E-state index in [1.165, 1.54) is 24.6 Å². The number of fused-ring (bicyclic) bond motifs is 1. The number of rotatable bonds is 12. The van der Waals surface area contributed by atoms with Crippen molar-refractivity contribution in [2.24, 2.45) is 5.41 Å². The molecule has 212 valence electrons. The number of halogens is 1. The maximum Gasteiger partial charge on any atom is 0.229 e.